The van der Waals surface area contributed by atoms with Crippen LogP contribution in [-0.2, 0) is 30.4 Å². The molecule has 0 aliphatic carbocycles. The zero-order chi connectivity index (χ0) is 45.1. The summed E-state index contributed by atoms with van der Waals surface area (Å²) in [6.07, 6.45) is 0.979. The van der Waals surface area contributed by atoms with Crippen LogP contribution in [0.1, 0.15) is 80.4 Å². The first kappa shape index (κ1) is 47.2. The highest BCUT2D eigenvalue weighted by Gasteiger charge is 2.36. The predicted octanol–water partition coefficient (Wildman–Crippen LogP) is 6.00. The molecule has 0 spiro atoms. The molecule has 13 nitrogen and oxygen atoms in total. The van der Waals surface area contributed by atoms with E-state index in [1.165, 1.54) is 31.9 Å². The van der Waals surface area contributed by atoms with Gasteiger partial charge in [-0.3, -0.25) is 28.8 Å². The number of carbonyl (C=O) groups excluding carboxylic acids is 6. The second kappa shape index (κ2) is 21.8. The van der Waals surface area contributed by atoms with Crippen molar-refractivity contribution in [1.82, 2.24) is 15.5 Å². The number of amides is 3. The van der Waals surface area contributed by atoms with E-state index < -0.39 is 53.5 Å². The zero-order valence-electron chi connectivity index (χ0n) is 35.5. The molecule has 328 valence electrons. The van der Waals surface area contributed by atoms with Crippen LogP contribution in [0, 0.1) is 11.8 Å². The number of fused-ring (bicyclic) bond motifs is 5. The number of benzene rings is 4. The number of aliphatic hydroxyl groups is 1. The number of likely N-dealkylation sites (N-methyl/N-ethyl adjacent to an activating group) is 1. The second-order valence-corrected chi connectivity index (χ2v) is 16.3. The summed E-state index contributed by atoms with van der Waals surface area (Å²) in [5.41, 5.74) is 9.55. The number of unbranched alkanes of at least 4 members (excludes halogenated alkanes) is 1. The molecule has 4 bridgehead atoms. The maximum Gasteiger partial charge on any atom is 0.243 e. The molecule has 6 N–H and O–H groups in total. The van der Waals surface area contributed by atoms with Gasteiger partial charge in [-0.15, -0.1) is 0 Å². The molecular formula is C48H55ClN4O9. The lowest BCUT2D eigenvalue weighted by atomic mass is 9.88. The van der Waals surface area contributed by atoms with E-state index in [2.05, 4.69) is 10.6 Å². The summed E-state index contributed by atoms with van der Waals surface area (Å²) in [6.45, 7) is 4.40. The second-order valence-electron chi connectivity index (χ2n) is 15.9. The van der Waals surface area contributed by atoms with Crippen molar-refractivity contribution in [2.24, 2.45) is 17.6 Å². The van der Waals surface area contributed by atoms with Gasteiger partial charge in [0.1, 0.15) is 30.2 Å². The fraction of sp³-hybridized carbons (Fsp3) is 0.375. The highest BCUT2D eigenvalue weighted by atomic mass is 35.5. The minimum absolute atomic E-state index is 0.0285. The number of Topliss-reactive ketones (excluding diaryl/α,β-unsaturated/α-hetero) is 3. The van der Waals surface area contributed by atoms with Crippen molar-refractivity contribution in [2.75, 3.05) is 26.8 Å². The number of nitrogens with one attached hydrogen (secondary N) is 2. The molecular weight excluding hydrogens is 812 g/mol. The maximum atomic E-state index is 14.7. The minimum atomic E-state index is -1.27. The van der Waals surface area contributed by atoms with Crippen molar-refractivity contribution < 1.29 is 43.7 Å². The van der Waals surface area contributed by atoms with E-state index in [0.29, 0.717) is 53.1 Å². The molecule has 5 atom stereocenters. The molecule has 4 aromatic carbocycles. The average molecular weight is 867 g/mol. The number of phenols is 1. The van der Waals surface area contributed by atoms with Crippen molar-refractivity contribution in [3.8, 4) is 33.8 Å². The molecule has 14 heteroatoms. The summed E-state index contributed by atoms with van der Waals surface area (Å²) in [5.74, 6) is -4.41. The van der Waals surface area contributed by atoms with Gasteiger partial charge in [0.05, 0.1) is 12.6 Å². The Morgan fingerprint density at radius 1 is 0.935 bits per heavy atom. The van der Waals surface area contributed by atoms with Gasteiger partial charge in [0.2, 0.25) is 17.7 Å². The Kier molecular flexibility index (Phi) is 16.6. The fourth-order valence-corrected chi connectivity index (χ4v) is 7.66. The minimum Gasteiger partial charge on any atom is -0.507 e. The Morgan fingerprint density at radius 2 is 1.61 bits per heavy atom. The number of hydrogen-bond donors (Lipinski definition) is 5. The summed E-state index contributed by atoms with van der Waals surface area (Å²) in [5, 5.41) is 26.9. The van der Waals surface area contributed by atoms with Gasteiger partial charge in [0.25, 0.3) is 0 Å². The summed E-state index contributed by atoms with van der Waals surface area (Å²) >= 11 is 6.06. The van der Waals surface area contributed by atoms with E-state index >= 15 is 0 Å². The molecule has 0 unspecified atom stereocenters. The van der Waals surface area contributed by atoms with Crippen molar-refractivity contribution in [2.45, 2.75) is 77.4 Å². The van der Waals surface area contributed by atoms with Crippen LogP contribution in [-0.4, -0.2) is 89.1 Å². The summed E-state index contributed by atoms with van der Waals surface area (Å²) in [4.78, 5) is 83.9. The number of halogens is 1. The number of ether oxygens (including phenoxy) is 1. The monoisotopic (exact) mass is 866 g/mol. The molecule has 3 amide bonds. The smallest absolute Gasteiger partial charge is 0.243 e. The lowest BCUT2D eigenvalue weighted by Gasteiger charge is -2.32. The molecule has 0 saturated carbocycles. The first-order valence-corrected chi connectivity index (χ1v) is 21.2. The summed E-state index contributed by atoms with van der Waals surface area (Å²) in [6, 6.07) is 20.7. The van der Waals surface area contributed by atoms with Crippen LogP contribution < -0.4 is 21.1 Å². The van der Waals surface area contributed by atoms with E-state index in [9.17, 15) is 39.0 Å². The number of nitrogens with zero attached hydrogens (tertiary/aromatic N) is 1. The van der Waals surface area contributed by atoms with Gasteiger partial charge in [-0.2, -0.15) is 0 Å². The fourth-order valence-electron chi connectivity index (χ4n) is 7.54. The standard InChI is InChI=1S/C48H55ClN4O9/c1-28-23-43(58)45(53(4)48(61)36(7-5-6-20-50)27-42(57)34-11-9-32(10-12-34)33-13-16-37(49)17-14-33)35-15-19-44(62-22-21-54)39(26-35)38-24-31(8-18-41(38)56)25-40(52-46(28)59)47(60)51-29(2)30(3)55/h8-19,24,26,28-29,36,40,45,54,56H,5-7,20-23,25,27,50H2,1-4H3,(H,51,60)(H,52,59)/t28-,29+,36-,40+,45+/m1/s1. The highest BCUT2D eigenvalue weighted by molar-refractivity contribution is 6.30. The Hall–Kier alpha value is -5.89. The van der Waals surface area contributed by atoms with Crippen molar-refractivity contribution in [3.05, 3.63) is 107 Å². The molecule has 1 heterocycles. The first-order valence-electron chi connectivity index (χ1n) is 20.8. The van der Waals surface area contributed by atoms with Crippen molar-refractivity contribution in [3.63, 3.8) is 0 Å². The number of carbonyl (C=O) groups is 6. The van der Waals surface area contributed by atoms with E-state index in [0.717, 1.165) is 11.1 Å². The van der Waals surface area contributed by atoms with Gasteiger partial charge in [-0.25, -0.2) is 0 Å². The van der Waals surface area contributed by atoms with E-state index in [1.54, 1.807) is 61.5 Å². The van der Waals surface area contributed by atoms with E-state index in [4.69, 9.17) is 22.1 Å². The van der Waals surface area contributed by atoms with Gasteiger partial charge in [-0.1, -0.05) is 73.5 Å². The summed E-state index contributed by atoms with van der Waals surface area (Å²) in [7, 11) is 1.49. The SMILES string of the molecule is CC(=O)[C@H](C)NC(=O)[C@@H]1Cc2ccc(O)c(c2)-c2cc(ccc2OCCO)[C@H](N(C)C(=O)[C@H](CCCCN)CC(=O)c2ccc(-c3ccc(Cl)cc3)cc2)C(=O)C[C@@H](C)C(=O)N1. The first-order chi connectivity index (χ1) is 29.6. The van der Waals surface area contributed by atoms with Crippen LogP contribution in [0.15, 0.2) is 84.9 Å². The van der Waals surface area contributed by atoms with Gasteiger partial charge in [-0.05, 0) is 91.9 Å². The predicted molar refractivity (Wildman–Crippen MR) is 237 cm³/mol. The topological polar surface area (TPSA) is 205 Å². The van der Waals surface area contributed by atoms with Crippen LogP contribution in [0.5, 0.6) is 11.5 Å². The molecule has 1 aliphatic heterocycles. The van der Waals surface area contributed by atoms with Crippen LogP contribution >= 0.6 is 11.6 Å². The number of hydrogen-bond acceptors (Lipinski definition) is 10. The van der Waals surface area contributed by atoms with Crippen molar-refractivity contribution in [1.29, 1.82) is 0 Å². The summed E-state index contributed by atoms with van der Waals surface area (Å²) < 4.78 is 5.90. The zero-order valence-corrected chi connectivity index (χ0v) is 36.2. The third kappa shape index (κ3) is 11.9. The van der Waals surface area contributed by atoms with Gasteiger partial charge < -0.3 is 36.2 Å². The molecule has 0 radical (unpaired) electrons. The molecule has 62 heavy (non-hydrogen) atoms. The third-order valence-electron chi connectivity index (χ3n) is 11.2. The largest absolute Gasteiger partial charge is 0.507 e. The molecule has 1 aliphatic rings. The van der Waals surface area contributed by atoms with Crippen LogP contribution in [0.3, 0.4) is 0 Å². The number of nitrogens with two attached hydrogens (primary N) is 1. The quantitative estimate of drug-likeness (QED) is 0.0657. The van der Waals surface area contributed by atoms with Crippen LogP contribution in [0.25, 0.3) is 22.3 Å². The van der Waals surface area contributed by atoms with Crippen LogP contribution in [0.2, 0.25) is 5.02 Å². The molecule has 0 saturated heterocycles. The third-order valence-corrected chi connectivity index (χ3v) is 11.5. The number of rotatable bonds is 16. The Bertz CT molecular complexity index is 2260. The van der Waals surface area contributed by atoms with E-state index in [1.807, 2.05) is 24.3 Å². The average Bonchev–Trinajstić information content (AvgIpc) is 3.25. The molecule has 5 rings (SSSR count). The Balaban J connectivity index is 1.54. The number of ketones is 3. The molecule has 4 aromatic rings. The van der Waals surface area contributed by atoms with Crippen molar-refractivity contribution >= 4 is 46.7 Å². The Labute approximate surface area is 367 Å². The molecule has 0 fully saturated rings. The molecule has 0 aromatic heterocycles. The van der Waals surface area contributed by atoms with E-state index in [-0.39, 0.29) is 61.1 Å². The highest BCUT2D eigenvalue weighted by Crippen LogP contribution is 2.40. The normalized spacial score (nSPS) is 17.5. The maximum absolute atomic E-state index is 14.7. The van der Waals surface area contributed by atoms with Crippen LogP contribution in [0.4, 0.5) is 0 Å². The Morgan fingerprint density at radius 3 is 2.26 bits per heavy atom. The number of aromatic hydroxyl groups is 1. The lowest BCUT2D eigenvalue weighted by Crippen LogP contribution is -2.52. The van der Waals surface area contributed by atoms with Gasteiger partial charge >= 0.3 is 0 Å². The lowest BCUT2D eigenvalue weighted by molar-refractivity contribution is -0.142. The van der Waals surface area contributed by atoms with Gasteiger partial charge in [0.15, 0.2) is 17.3 Å². The number of phenolic OH excluding ortho intramolecular Hbond substituents is 1. The van der Waals surface area contributed by atoms with Gasteiger partial charge in [0, 0.05) is 59.9 Å². The number of aliphatic hydroxyl groups excluding tert-OH is 1.